The van der Waals surface area contributed by atoms with Crippen LogP contribution in [0.3, 0.4) is 0 Å². The molecule has 0 spiro atoms. The van der Waals surface area contributed by atoms with Gasteiger partial charge in [-0.1, -0.05) is 6.92 Å². The molecule has 1 aromatic heterocycles. The van der Waals surface area contributed by atoms with E-state index in [2.05, 4.69) is 11.9 Å². The van der Waals surface area contributed by atoms with Crippen LogP contribution in [0.2, 0.25) is 0 Å². The zero-order valence-electron chi connectivity index (χ0n) is 10.8. The van der Waals surface area contributed by atoms with Gasteiger partial charge in [0, 0.05) is 11.5 Å². The zero-order chi connectivity index (χ0) is 13.2. The van der Waals surface area contributed by atoms with E-state index in [9.17, 15) is 0 Å². The number of rotatable bonds is 1. The first-order valence-electron chi connectivity index (χ1n) is 6.34. The molecule has 0 radical (unpaired) electrons. The minimum Gasteiger partial charge on any atom is -0.489 e. The fourth-order valence-corrected chi connectivity index (χ4v) is 1.99. The number of anilines is 1. The summed E-state index contributed by atoms with van der Waals surface area (Å²) in [5.74, 6) is 1.97. The highest BCUT2D eigenvalue weighted by Crippen LogP contribution is 2.34. The van der Waals surface area contributed by atoms with Crippen molar-refractivity contribution >= 4 is 5.69 Å². The molecule has 2 aromatic rings. The average Bonchev–Trinajstić information content (AvgIpc) is 2.62. The molecule has 1 aromatic carbocycles. The highest BCUT2D eigenvalue weighted by Gasteiger charge is 2.15. The van der Waals surface area contributed by atoms with Gasteiger partial charge in [-0.3, -0.25) is 4.98 Å². The van der Waals surface area contributed by atoms with Crippen LogP contribution >= 0.6 is 0 Å². The fraction of sp³-hybridized carbons (Fsp3) is 0.267. The molecule has 0 saturated carbocycles. The number of hydrogen-bond donors (Lipinski definition) is 1. The number of nitrogens with zero attached hydrogens (tertiary/aromatic N) is 1. The summed E-state index contributed by atoms with van der Waals surface area (Å²) in [5, 5.41) is 0. The van der Waals surface area contributed by atoms with E-state index in [0.29, 0.717) is 24.8 Å². The van der Waals surface area contributed by atoms with Crippen molar-refractivity contribution in [2.45, 2.75) is 6.92 Å². The minimum atomic E-state index is 0.394. The van der Waals surface area contributed by atoms with Gasteiger partial charge in [0.25, 0.3) is 0 Å². The molecule has 1 unspecified atom stereocenters. The second-order valence-corrected chi connectivity index (χ2v) is 4.87. The third kappa shape index (κ3) is 2.47. The molecule has 0 fully saturated rings. The Morgan fingerprint density at radius 2 is 1.89 bits per heavy atom. The molecule has 0 amide bonds. The molecular weight excluding hydrogens is 240 g/mol. The first-order valence-corrected chi connectivity index (χ1v) is 6.34. The number of nitrogens with two attached hydrogens (primary N) is 1. The van der Waals surface area contributed by atoms with Crippen molar-refractivity contribution in [3.8, 4) is 22.8 Å². The Balaban J connectivity index is 1.95. The topological polar surface area (TPSA) is 57.4 Å². The Morgan fingerprint density at radius 1 is 1.11 bits per heavy atom. The van der Waals surface area contributed by atoms with Crippen LogP contribution in [0.15, 0.2) is 36.5 Å². The van der Waals surface area contributed by atoms with Crippen LogP contribution in [0.5, 0.6) is 11.5 Å². The van der Waals surface area contributed by atoms with E-state index in [4.69, 9.17) is 15.2 Å². The SMILES string of the molecule is CC1COc2ccc(-c3ccc(N)cn3)cc2OC1. The van der Waals surface area contributed by atoms with E-state index >= 15 is 0 Å². The quantitative estimate of drug-likeness (QED) is 0.852. The second-order valence-electron chi connectivity index (χ2n) is 4.87. The molecule has 1 aliphatic rings. The number of pyridine rings is 1. The Hall–Kier alpha value is -2.23. The van der Waals surface area contributed by atoms with Gasteiger partial charge in [-0.15, -0.1) is 0 Å². The second kappa shape index (κ2) is 4.80. The third-order valence-electron chi connectivity index (χ3n) is 3.07. The van der Waals surface area contributed by atoms with Gasteiger partial charge in [0.05, 0.1) is 30.8 Å². The van der Waals surface area contributed by atoms with Crippen molar-refractivity contribution in [2.75, 3.05) is 18.9 Å². The molecule has 98 valence electrons. The lowest BCUT2D eigenvalue weighted by Crippen LogP contribution is -2.12. The number of benzene rings is 1. The van der Waals surface area contributed by atoms with Gasteiger partial charge in [0.15, 0.2) is 11.5 Å². The summed E-state index contributed by atoms with van der Waals surface area (Å²) in [4.78, 5) is 4.31. The molecular formula is C15H16N2O2. The normalized spacial score (nSPS) is 17.8. The molecule has 3 rings (SSSR count). The van der Waals surface area contributed by atoms with Gasteiger partial charge in [-0.2, -0.15) is 0 Å². The summed E-state index contributed by atoms with van der Waals surface area (Å²) in [6, 6.07) is 9.62. The lowest BCUT2D eigenvalue weighted by molar-refractivity contribution is 0.228. The van der Waals surface area contributed by atoms with Gasteiger partial charge in [0.1, 0.15) is 0 Å². The number of ether oxygens (including phenoxy) is 2. The van der Waals surface area contributed by atoms with Gasteiger partial charge in [-0.25, -0.2) is 0 Å². The van der Waals surface area contributed by atoms with E-state index < -0.39 is 0 Å². The van der Waals surface area contributed by atoms with E-state index in [1.165, 1.54) is 0 Å². The van der Waals surface area contributed by atoms with E-state index in [0.717, 1.165) is 22.8 Å². The molecule has 1 aliphatic heterocycles. The van der Waals surface area contributed by atoms with Crippen LogP contribution in [0.4, 0.5) is 5.69 Å². The predicted molar refractivity (Wildman–Crippen MR) is 74.2 cm³/mol. The number of aromatic nitrogens is 1. The Labute approximate surface area is 112 Å². The molecule has 1 atom stereocenters. The third-order valence-corrected chi connectivity index (χ3v) is 3.07. The smallest absolute Gasteiger partial charge is 0.161 e. The van der Waals surface area contributed by atoms with Gasteiger partial charge in [-0.05, 0) is 30.3 Å². The molecule has 0 saturated heterocycles. The standard InChI is InChI=1S/C15H16N2O2/c1-10-8-18-14-5-2-11(6-15(14)19-9-10)13-4-3-12(16)7-17-13/h2-7,10H,8-9,16H2,1H3. The predicted octanol–water partition coefficient (Wildman–Crippen LogP) is 2.74. The fourth-order valence-electron chi connectivity index (χ4n) is 1.99. The summed E-state index contributed by atoms with van der Waals surface area (Å²) in [6.07, 6.45) is 1.65. The Bertz CT molecular complexity index is 581. The van der Waals surface area contributed by atoms with E-state index in [-0.39, 0.29) is 0 Å². The first kappa shape index (κ1) is 11.8. The summed E-state index contributed by atoms with van der Waals surface area (Å²) in [5.41, 5.74) is 8.17. The Morgan fingerprint density at radius 3 is 2.63 bits per heavy atom. The zero-order valence-corrected chi connectivity index (χ0v) is 10.8. The maximum atomic E-state index is 5.77. The van der Waals surface area contributed by atoms with E-state index in [1.807, 2.05) is 30.3 Å². The molecule has 4 nitrogen and oxygen atoms in total. The maximum Gasteiger partial charge on any atom is 0.161 e. The molecule has 19 heavy (non-hydrogen) atoms. The van der Waals surface area contributed by atoms with Crippen molar-refractivity contribution in [3.05, 3.63) is 36.5 Å². The van der Waals surface area contributed by atoms with Crippen molar-refractivity contribution in [3.63, 3.8) is 0 Å². The lowest BCUT2D eigenvalue weighted by Gasteiger charge is -2.09. The molecule has 4 heteroatoms. The Kier molecular flexibility index (Phi) is 2.99. The molecule has 2 heterocycles. The molecule has 0 aliphatic carbocycles. The van der Waals surface area contributed by atoms with Crippen molar-refractivity contribution in [1.29, 1.82) is 0 Å². The van der Waals surface area contributed by atoms with Crippen LogP contribution in [-0.2, 0) is 0 Å². The van der Waals surface area contributed by atoms with Gasteiger partial charge >= 0.3 is 0 Å². The lowest BCUT2D eigenvalue weighted by atomic mass is 10.1. The maximum absolute atomic E-state index is 5.77. The van der Waals surface area contributed by atoms with Crippen LogP contribution in [0.25, 0.3) is 11.3 Å². The molecule has 0 bridgehead atoms. The monoisotopic (exact) mass is 256 g/mol. The first-order chi connectivity index (χ1) is 9.22. The van der Waals surface area contributed by atoms with Crippen LogP contribution in [-0.4, -0.2) is 18.2 Å². The summed E-state index contributed by atoms with van der Waals surface area (Å²) in [7, 11) is 0. The minimum absolute atomic E-state index is 0.394. The van der Waals surface area contributed by atoms with Crippen molar-refractivity contribution in [2.24, 2.45) is 5.92 Å². The summed E-state index contributed by atoms with van der Waals surface area (Å²) in [6.45, 7) is 3.46. The average molecular weight is 256 g/mol. The van der Waals surface area contributed by atoms with Gasteiger partial charge in [0.2, 0.25) is 0 Å². The summed E-state index contributed by atoms with van der Waals surface area (Å²) < 4.78 is 11.5. The van der Waals surface area contributed by atoms with Crippen LogP contribution < -0.4 is 15.2 Å². The highest BCUT2D eigenvalue weighted by molar-refractivity contribution is 5.65. The number of hydrogen-bond acceptors (Lipinski definition) is 4. The molecule has 2 N–H and O–H groups in total. The van der Waals surface area contributed by atoms with Crippen molar-refractivity contribution in [1.82, 2.24) is 4.98 Å². The number of nitrogen functional groups attached to an aromatic ring is 1. The van der Waals surface area contributed by atoms with Crippen molar-refractivity contribution < 1.29 is 9.47 Å². The largest absolute Gasteiger partial charge is 0.489 e. The van der Waals surface area contributed by atoms with Crippen LogP contribution in [0, 0.1) is 5.92 Å². The van der Waals surface area contributed by atoms with Gasteiger partial charge < -0.3 is 15.2 Å². The van der Waals surface area contributed by atoms with E-state index in [1.54, 1.807) is 6.20 Å². The number of fused-ring (bicyclic) bond motifs is 1. The summed E-state index contributed by atoms with van der Waals surface area (Å²) >= 11 is 0. The van der Waals surface area contributed by atoms with Crippen LogP contribution in [0.1, 0.15) is 6.92 Å². The highest BCUT2D eigenvalue weighted by atomic mass is 16.5.